The van der Waals surface area contributed by atoms with Gasteiger partial charge in [0, 0.05) is 38.6 Å². The summed E-state index contributed by atoms with van der Waals surface area (Å²) in [7, 11) is 0. The molecule has 0 aliphatic carbocycles. The van der Waals surface area contributed by atoms with E-state index in [2.05, 4.69) is 73.9 Å². The van der Waals surface area contributed by atoms with Crippen LogP contribution < -0.4 is 4.74 Å². The van der Waals surface area contributed by atoms with Crippen LogP contribution in [0.3, 0.4) is 0 Å². The zero-order valence-electron chi connectivity index (χ0n) is 17.8. The Hall–Kier alpha value is -3.25. The molecule has 1 aromatic carbocycles. The van der Waals surface area contributed by atoms with Gasteiger partial charge in [0.05, 0.1) is 11.1 Å². The Morgan fingerprint density at radius 2 is 1.81 bits per heavy atom. The van der Waals surface area contributed by atoms with Gasteiger partial charge in [-0.1, -0.05) is 30.3 Å². The van der Waals surface area contributed by atoms with Crippen molar-refractivity contribution in [2.75, 3.05) is 13.1 Å². The van der Waals surface area contributed by atoms with Gasteiger partial charge in [0.2, 0.25) is 5.88 Å². The fourth-order valence-electron chi connectivity index (χ4n) is 4.24. The van der Waals surface area contributed by atoms with Crippen molar-refractivity contribution < 1.29 is 4.74 Å². The van der Waals surface area contributed by atoms with Crippen molar-refractivity contribution in [3.8, 4) is 5.88 Å². The minimum absolute atomic E-state index is 0.178. The molecule has 5 rings (SSSR count). The zero-order chi connectivity index (χ0) is 21.0. The first-order valence-corrected chi connectivity index (χ1v) is 10.9. The molecule has 4 aromatic rings. The third kappa shape index (κ3) is 4.59. The van der Waals surface area contributed by atoms with Crippen LogP contribution in [0.5, 0.6) is 5.88 Å². The van der Waals surface area contributed by atoms with Crippen LogP contribution in [0.25, 0.3) is 11.0 Å². The fourth-order valence-corrected chi connectivity index (χ4v) is 4.24. The van der Waals surface area contributed by atoms with Crippen LogP contribution in [-0.2, 0) is 13.1 Å². The number of rotatable bonds is 6. The number of hydrogen-bond acceptors (Lipinski definition) is 5. The van der Waals surface area contributed by atoms with Crippen LogP contribution in [0.1, 0.15) is 29.7 Å². The number of piperidine rings is 1. The van der Waals surface area contributed by atoms with Crippen molar-refractivity contribution >= 4 is 11.0 Å². The van der Waals surface area contributed by atoms with Gasteiger partial charge in [-0.05, 0) is 49.1 Å². The number of fused-ring (bicyclic) bond motifs is 1. The number of ether oxygens (including phenoxy) is 1. The van der Waals surface area contributed by atoms with E-state index in [1.807, 2.05) is 18.3 Å². The number of aromatic nitrogens is 4. The lowest BCUT2D eigenvalue weighted by Gasteiger charge is -2.31. The molecule has 1 aliphatic rings. The predicted octanol–water partition coefficient (Wildman–Crippen LogP) is 4.23. The second-order valence-corrected chi connectivity index (χ2v) is 8.26. The quantitative estimate of drug-likeness (QED) is 0.474. The SMILES string of the molecule is Cc1ccnc(CN2CCC(Oc3ncnc4c3ccn4Cc3ccccc3)CC2)c1. The molecule has 158 valence electrons. The molecule has 1 fully saturated rings. The van der Waals surface area contributed by atoms with E-state index in [0.29, 0.717) is 5.88 Å². The molecule has 3 aromatic heterocycles. The normalized spacial score (nSPS) is 15.4. The van der Waals surface area contributed by atoms with E-state index in [1.165, 1.54) is 11.1 Å². The lowest BCUT2D eigenvalue weighted by Crippen LogP contribution is -2.38. The Morgan fingerprint density at radius 1 is 0.968 bits per heavy atom. The molecule has 0 spiro atoms. The van der Waals surface area contributed by atoms with E-state index in [4.69, 9.17) is 4.74 Å². The van der Waals surface area contributed by atoms with Gasteiger partial charge in [-0.15, -0.1) is 0 Å². The number of nitrogens with zero attached hydrogens (tertiary/aromatic N) is 5. The third-order valence-electron chi connectivity index (χ3n) is 5.89. The summed E-state index contributed by atoms with van der Waals surface area (Å²) in [4.78, 5) is 15.9. The third-order valence-corrected chi connectivity index (χ3v) is 5.89. The Balaban J connectivity index is 1.23. The highest BCUT2D eigenvalue weighted by Gasteiger charge is 2.22. The highest BCUT2D eigenvalue weighted by molar-refractivity contribution is 5.81. The fraction of sp³-hybridized carbons (Fsp3) is 0.320. The highest BCUT2D eigenvalue weighted by Crippen LogP contribution is 2.26. The van der Waals surface area contributed by atoms with Gasteiger partial charge in [-0.2, -0.15) is 0 Å². The molecule has 4 heterocycles. The molecule has 1 saturated heterocycles. The Bertz CT molecular complexity index is 1150. The molecule has 0 atom stereocenters. The van der Waals surface area contributed by atoms with E-state index in [0.717, 1.165) is 55.7 Å². The molecule has 1 aliphatic heterocycles. The van der Waals surface area contributed by atoms with E-state index in [9.17, 15) is 0 Å². The van der Waals surface area contributed by atoms with Crippen LogP contribution in [-0.4, -0.2) is 43.6 Å². The average molecular weight is 414 g/mol. The summed E-state index contributed by atoms with van der Waals surface area (Å²) in [6.07, 6.45) is 7.72. The zero-order valence-corrected chi connectivity index (χ0v) is 17.8. The van der Waals surface area contributed by atoms with Gasteiger partial charge in [-0.3, -0.25) is 9.88 Å². The van der Waals surface area contributed by atoms with Crippen molar-refractivity contribution in [1.29, 1.82) is 0 Å². The molecule has 0 bridgehead atoms. The standard InChI is InChI=1S/C25H27N5O/c1-19-7-11-26-21(15-19)17-29-12-8-22(9-13-29)31-25-23-10-14-30(24(23)27-18-28-25)16-20-5-3-2-4-6-20/h2-7,10-11,14-15,18,22H,8-9,12-13,16-17H2,1H3. The van der Waals surface area contributed by atoms with Gasteiger partial charge in [0.1, 0.15) is 18.1 Å². The van der Waals surface area contributed by atoms with Crippen LogP contribution >= 0.6 is 0 Å². The summed E-state index contributed by atoms with van der Waals surface area (Å²) in [5.41, 5.74) is 4.56. The second-order valence-electron chi connectivity index (χ2n) is 8.26. The van der Waals surface area contributed by atoms with Crippen molar-refractivity contribution in [2.24, 2.45) is 0 Å². The molecular weight excluding hydrogens is 386 g/mol. The molecular formula is C25H27N5O. The van der Waals surface area contributed by atoms with E-state index < -0.39 is 0 Å². The monoisotopic (exact) mass is 413 g/mol. The van der Waals surface area contributed by atoms with Crippen molar-refractivity contribution in [1.82, 2.24) is 24.4 Å². The molecule has 0 N–H and O–H groups in total. The molecule has 0 saturated carbocycles. The van der Waals surface area contributed by atoms with Gasteiger partial charge in [0.25, 0.3) is 0 Å². The first-order chi connectivity index (χ1) is 15.2. The number of aryl methyl sites for hydroxylation is 1. The van der Waals surface area contributed by atoms with E-state index in [1.54, 1.807) is 6.33 Å². The summed E-state index contributed by atoms with van der Waals surface area (Å²) in [6.45, 7) is 5.80. The van der Waals surface area contributed by atoms with Crippen LogP contribution in [0.15, 0.2) is 67.3 Å². The first kappa shape index (κ1) is 19.7. The summed E-state index contributed by atoms with van der Waals surface area (Å²) in [5, 5.41) is 0.977. The second kappa shape index (κ2) is 8.86. The molecule has 0 radical (unpaired) electrons. The summed E-state index contributed by atoms with van der Waals surface area (Å²) in [6, 6.07) is 16.7. The van der Waals surface area contributed by atoms with Crippen molar-refractivity contribution in [3.63, 3.8) is 0 Å². The maximum atomic E-state index is 6.34. The van der Waals surface area contributed by atoms with Crippen LogP contribution in [0.2, 0.25) is 0 Å². The summed E-state index contributed by atoms with van der Waals surface area (Å²) in [5.74, 6) is 0.690. The summed E-state index contributed by atoms with van der Waals surface area (Å²) >= 11 is 0. The number of benzene rings is 1. The Morgan fingerprint density at radius 3 is 2.61 bits per heavy atom. The number of hydrogen-bond donors (Lipinski definition) is 0. The van der Waals surface area contributed by atoms with Crippen molar-refractivity contribution in [3.05, 3.63) is 84.1 Å². The molecule has 6 nitrogen and oxygen atoms in total. The van der Waals surface area contributed by atoms with Crippen molar-refractivity contribution in [2.45, 2.75) is 39.0 Å². The average Bonchev–Trinajstić information content (AvgIpc) is 3.20. The topological polar surface area (TPSA) is 56.1 Å². The lowest BCUT2D eigenvalue weighted by atomic mass is 10.1. The van der Waals surface area contributed by atoms with E-state index in [-0.39, 0.29) is 6.10 Å². The largest absolute Gasteiger partial charge is 0.474 e. The predicted molar refractivity (Wildman–Crippen MR) is 121 cm³/mol. The highest BCUT2D eigenvalue weighted by atomic mass is 16.5. The minimum Gasteiger partial charge on any atom is -0.474 e. The minimum atomic E-state index is 0.178. The molecule has 0 amide bonds. The molecule has 31 heavy (non-hydrogen) atoms. The van der Waals surface area contributed by atoms with Crippen LogP contribution in [0, 0.1) is 6.92 Å². The summed E-state index contributed by atoms with van der Waals surface area (Å²) < 4.78 is 8.49. The first-order valence-electron chi connectivity index (χ1n) is 10.9. The van der Waals surface area contributed by atoms with E-state index >= 15 is 0 Å². The van der Waals surface area contributed by atoms with Gasteiger partial charge < -0.3 is 9.30 Å². The lowest BCUT2D eigenvalue weighted by molar-refractivity contribution is 0.0938. The maximum absolute atomic E-state index is 6.34. The van der Waals surface area contributed by atoms with Gasteiger partial charge in [-0.25, -0.2) is 9.97 Å². The number of pyridine rings is 1. The molecule has 6 heteroatoms. The van der Waals surface area contributed by atoms with Gasteiger partial charge >= 0.3 is 0 Å². The van der Waals surface area contributed by atoms with Gasteiger partial charge in [0.15, 0.2) is 0 Å². The Kier molecular flexibility index (Phi) is 5.63. The maximum Gasteiger partial charge on any atom is 0.226 e. The smallest absolute Gasteiger partial charge is 0.226 e. The molecule has 0 unspecified atom stereocenters. The Labute approximate surface area is 182 Å². The number of likely N-dealkylation sites (tertiary alicyclic amines) is 1. The van der Waals surface area contributed by atoms with Crippen LogP contribution in [0.4, 0.5) is 0 Å².